The quantitative estimate of drug-likeness (QED) is 0.604. The van der Waals surface area contributed by atoms with Gasteiger partial charge in [-0.2, -0.15) is 10.1 Å². The molecule has 8 heteroatoms. The Labute approximate surface area is 175 Å². The smallest absolute Gasteiger partial charge is 0.252 e. The van der Waals surface area contributed by atoms with Gasteiger partial charge in [0.2, 0.25) is 5.91 Å². The Hall–Kier alpha value is -3.29. The molecule has 0 N–H and O–H groups in total. The number of carbonyl (C=O) groups excluding carboxylic acids is 2. The summed E-state index contributed by atoms with van der Waals surface area (Å²) in [6.07, 6.45) is 2.60. The first-order chi connectivity index (χ1) is 14.4. The van der Waals surface area contributed by atoms with Crippen molar-refractivity contribution in [1.82, 2.24) is 24.5 Å². The van der Waals surface area contributed by atoms with Crippen molar-refractivity contribution >= 4 is 23.2 Å². The van der Waals surface area contributed by atoms with Crippen molar-refractivity contribution in [1.29, 1.82) is 0 Å². The number of hydrogen-bond acceptors (Lipinski definition) is 6. The van der Waals surface area contributed by atoms with Gasteiger partial charge in [-0.1, -0.05) is 0 Å². The Bertz CT molecular complexity index is 1080. The second-order valence-electron chi connectivity index (χ2n) is 7.70. The van der Waals surface area contributed by atoms with Crippen LogP contribution < -0.4 is 4.90 Å². The Morgan fingerprint density at radius 2 is 1.73 bits per heavy atom. The zero-order chi connectivity index (χ0) is 21.3. The van der Waals surface area contributed by atoms with Gasteiger partial charge < -0.3 is 9.80 Å². The topological polar surface area (TPSA) is 83.7 Å². The highest BCUT2D eigenvalue weighted by Gasteiger charge is 2.22. The number of piperazine rings is 1. The van der Waals surface area contributed by atoms with Gasteiger partial charge in [-0.3, -0.25) is 9.59 Å². The standard InChI is InChI=1S/C22H26N6O2/c1-15-20(16(2)28-22(25-15)23-14-24-28)8-9-21(30)27-12-10-26(11-13-27)19-6-4-18(5-7-19)17(3)29/h4-7,14H,8-13H2,1-3H3. The van der Waals surface area contributed by atoms with Crippen LogP contribution >= 0.6 is 0 Å². The molecule has 3 aromatic rings. The van der Waals surface area contributed by atoms with Crippen molar-refractivity contribution < 1.29 is 9.59 Å². The first-order valence-electron chi connectivity index (χ1n) is 10.2. The van der Waals surface area contributed by atoms with Gasteiger partial charge in [0.25, 0.3) is 5.78 Å². The van der Waals surface area contributed by atoms with Crippen LogP contribution in [0.1, 0.15) is 40.7 Å². The summed E-state index contributed by atoms with van der Waals surface area (Å²) < 4.78 is 1.73. The van der Waals surface area contributed by atoms with Gasteiger partial charge in [0.1, 0.15) is 6.33 Å². The van der Waals surface area contributed by atoms with Crippen LogP contribution in [-0.4, -0.2) is 62.4 Å². The van der Waals surface area contributed by atoms with Crippen molar-refractivity contribution in [3.8, 4) is 0 Å². The van der Waals surface area contributed by atoms with Crippen LogP contribution in [0, 0.1) is 13.8 Å². The summed E-state index contributed by atoms with van der Waals surface area (Å²) in [7, 11) is 0. The summed E-state index contributed by atoms with van der Waals surface area (Å²) in [4.78, 5) is 37.0. The molecule has 1 aromatic carbocycles. The lowest BCUT2D eigenvalue weighted by molar-refractivity contribution is -0.131. The molecule has 1 amide bonds. The molecule has 4 rings (SSSR count). The van der Waals surface area contributed by atoms with E-state index in [2.05, 4.69) is 20.0 Å². The van der Waals surface area contributed by atoms with Gasteiger partial charge in [0, 0.05) is 55.2 Å². The van der Waals surface area contributed by atoms with Crippen LogP contribution in [0.4, 0.5) is 5.69 Å². The second kappa shape index (κ2) is 8.22. The molecule has 8 nitrogen and oxygen atoms in total. The lowest BCUT2D eigenvalue weighted by atomic mass is 10.1. The number of Topliss-reactive ketones (excluding diaryl/α,β-unsaturated/α-hetero) is 1. The van der Waals surface area contributed by atoms with Gasteiger partial charge in [-0.15, -0.1) is 0 Å². The van der Waals surface area contributed by atoms with Crippen LogP contribution in [0.3, 0.4) is 0 Å². The fourth-order valence-corrected chi connectivity index (χ4v) is 4.03. The monoisotopic (exact) mass is 406 g/mol. The number of hydrogen-bond donors (Lipinski definition) is 0. The highest BCUT2D eigenvalue weighted by Crippen LogP contribution is 2.19. The summed E-state index contributed by atoms with van der Waals surface area (Å²) >= 11 is 0. The van der Waals surface area contributed by atoms with Gasteiger partial charge in [0.15, 0.2) is 5.78 Å². The van der Waals surface area contributed by atoms with Gasteiger partial charge >= 0.3 is 0 Å². The van der Waals surface area contributed by atoms with Gasteiger partial charge in [0.05, 0.1) is 0 Å². The molecule has 30 heavy (non-hydrogen) atoms. The molecule has 3 heterocycles. The van der Waals surface area contributed by atoms with E-state index in [-0.39, 0.29) is 11.7 Å². The molecule has 1 aliphatic heterocycles. The van der Waals surface area contributed by atoms with Crippen LogP contribution in [0.15, 0.2) is 30.6 Å². The number of fused-ring (bicyclic) bond motifs is 1. The molecule has 1 saturated heterocycles. The normalized spacial score (nSPS) is 14.4. The van der Waals surface area contributed by atoms with Crippen molar-refractivity contribution in [2.75, 3.05) is 31.1 Å². The Kier molecular flexibility index (Phi) is 5.48. The number of anilines is 1. The summed E-state index contributed by atoms with van der Waals surface area (Å²) in [6.45, 7) is 8.50. The maximum atomic E-state index is 12.8. The lowest BCUT2D eigenvalue weighted by Crippen LogP contribution is -2.48. The minimum Gasteiger partial charge on any atom is -0.368 e. The zero-order valence-electron chi connectivity index (χ0n) is 17.6. The maximum Gasteiger partial charge on any atom is 0.252 e. The zero-order valence-corrected chi connectivity index (χ0v) is 17.6. The predicted octanol–water partition coefficient (Wildman–Crippen LogP) is 2.23. The molecule has 156 valence electrons. The fourth-order valence-electron chi connectivity index (χ4n) is 4.03. The lowest BCUT2D eigenvalue weighted by Gasteiger charge is -2.36. The number of carbonyl (C=O) groups is 2. The van der Waals surface area contributed by atoms with E-state index in [1.54, 1.807) is 11.4 Å². The molecule has 0 aliphatic carbocycles. The SMILES string of the molecule is CC(=O)c1ccc(N2CCN(C(=O)CCc3c(C)nc4ncnn4c3C)CC2)cc1. The minimum absolute atomic E-state index is 0.0700. The van der Waals surface area contributed by atoms with E-state index in [1.165, 1.54) is 6.33 Å². The minimum atomic E-state index is 0.0700. The number of ketones is 1. The van der Waals surface area contributed by atoms with Crippen LogP contribution in [0.25, 0.3) is 5.78 Å². The summed E-state index contributed by atoms with van der Waals surface area (Å²) in [5, 5.41) is 4.21. The van der Waals surface area contributed by atoms with Gasteiger partial charge in [-0.05, 0) is 57.0 Å². The number of rotatable bonds is 5. The number of benzene rings is 1. The molecular formula is C22H26N6O2. The van der Waals surface area contributed by atoms with E-state index in [9.17, 15) is 9.59 Å². The second-order valence-corrected chi connectivity index (χ2v) is 7.70. The van der Waals surface area contributed by atoms with Crippen molar-refractivity contribution in [2.45, 2.75) is 33.6 Å². The highest BCUT2D eigenvalue weighted by atomic mass is 16.2. The molecule has 0 atom stereocenters. The third-order valence-corrected chi connectivity index (χ3v) is 5.85. The largest absolute Gasteiger partial charge is 0.368 e. The molecule has 1 aliphatic rings. The highest BCUT2D eigenvalue weighted by molar-refractivity contribution is 5.94. The molecule has 2 aromatic heterocycles. The molecule has 0 bridgehead atoms. The molecule has 0 spiro atoms. The summed E-state index contributed by atoms with van der Waals surface area (Å²) in [5.74, 6) is 0.826. The van der Waals surface area contributed by atoms with E-state index in [0.29, 0.717) is 31.7 Å². The number of aryl methyl sites for hydroxylation is 2. The first kappa shape index (κ1) is 20.0. The fraction of sp³-hybridized carbons (Fsp3) is 0.409. The molecular weight excluding hydrogens is 380 g/mol. The Balaban J connectivity index is 1.34. The maximum absolute atomic E-state index is 12.8. The third-order valence-electron chi connectivity index (χ3n) is 5.85. The van der Waals surface area contributed by atoms with Crippen LogP contribution in [-0.2, 0) is 11.2 Å². The van der Waals surface area contributed by atoms with E-state index >= 15 is 0 Å². The van der Waals surface area contributed by atoms with Crippen LogP contribution in [0.2, 0.25) is 0 Å². The Morgan fingerprint density at radius 3 is 2.40 bits per heavy atom. The third kappa shape index (κ3) is 3.90. The Morgan fingerprint density at radius 1 is 1.03 bits per heavy atom. The molecule has 0 saturated carbocycles. The van der Waals surface area contributed by atoms with Gasteiger partial charge in [-0.25, -0.2) is 9.50 Å². The number of nitrogens with zero attached hydrogens (tertiary/aromatic N) is 6. The molecule has 0 unspecified atom stereocenters. The van der Waals surface area contributed by atoms with E-state index in [0.717, 1.165) is 41.3 Å². The van der Waals surface area contributed by atoms with E-state index < -0.39 is 0 Å². The average molecular weight is 406 g/mol. The predicted molar refractivity (Wildman–Crippen MR) is 114 cm³/mol. The molecule has 1 fully saturated rings. The van der Waals surface area contributed by atoms with E-state index in [1.807, 2.05) is 43.0 Å². The summed E-state index contributed by atoms with van der Waals surface area (Å²) in [6, 6.07) is 7.68. The van der Waals surface area contributed by atoms with Crippen molar-refractivity contribution in [2.24, 2.45) is 0 Å². The number of amides is 1. The number of aromatic nitrogens is 4. The van der Waals surface area contributed by atoms with E-state index in [4.69, 9.17) is 0 Å². The van der Waals surface area contributed by atoms with Crippen molar-refractivity contribution in [3.05, 3.63) is 53.1 Å². The summed E-state index contributed by atoms with van der Waals surface area (Å²) in [5.41, 5.74) is 4.76. The average Bonchev–Trinajstić information content (AvgIpc) is 3.22. The first-order valence-corrected chi connectivity index (χ1v) is 10.2. The molecule has 0 radical (unpaired) electrons. The van der Waals surface area contributed by atoms with Crippen LogP contribution in [0.5, 0.6) is 0 Å². The van der Waals surface area contributed by atoms with Crippen molar-refractivity contribution in [3.63, 3.8) is 0 Å².